The van der Waals surface area contributed by atoms with Crippen molar-refractivity contribution < 1.29 is 4.42 Å². The van der Waals surface area contributed by atoms with Crippen LogP contribution in [-0.4, -0.2) is 4.98 Å². The van der Waals surface area contributed by atoms with Gasteiger partial charge in [0.2, 0.25) is 0 Å². The van der Waals surface area contributed by atoms with E-state index in [-0.39, 0.29) is 5.63 Å². The third-order valence-electron chi connectivity index (χ3n) is 2.99. The third-order valence-corrected chi connectivity index (χ3v) is 2.99. The second kappa shape index (κ2) is 5.45. The Morgan fingerprint density at radius 2 is 1.50 bits per heavy atom. The van der Waals surface area contributed by atoms with Crippen LogP contribution in [0.4, 0.5) is 0 Å². The Kier molecular flexibility index (Phi) is 3.33. The van der Waals surface area contributed by atoms with E-state index in [0.29, 0.717) is 5.58 Å². The quantitative estimate of drug-likeness (QED) is 0.488. The molecule has 0 bridgehead atoms. The molecule has 0 amide bonds. The molecule has 20 heavy (non-hydrogen) atoms. The second-order valence-corrected chi connectivity index (χ2v) is 4.36. The summed E-state index contributed by atoms with van der Waals surface area (Å²) in [5, 5.41) is 2.23. The average Bonchev–Trinajstić information content (AvgIpc) is 2.96. The van der Waals surface area contributed by atoms with Gasteiger partial charge in [0.15, 0.2) is 0 Å². The van der Waals surface area contributed by atoms with Gasteiger partial charge < -0.3 is 9.40 Å². The molecular formula is C17H13NO2. The number of aromatic nitrogens is 1. The monoisotopic (exact) mass is 263 g/mol. The van der Waals surface area contributed by atoms with Crippen molar-refractivity contribution in [3.05, 3.63) is 83.3 Å². The zero-order valence-corrected chi connectivity index (χ0v) is 10.7. The molecule has 0 saturated carbocycles. The third kappa shape index (κ3) is 2.62. The first-order valence-electron chi connectivity index (χ1n) is 6.34. The second-order valence-electron chi connectivity index (χ2n) is 4.36. The molecule has 0 radical (unpaired) electrons. The molecule has 0 unspecified atom stereocenters. The molecule has 0 atom stereocenters. The van der Waals surface area contributed by atoms with Crippen LogP contribution in [-0.2, 0) is 0 Å². The fraction of sp³-hybridized carbons (Fsp3) is 0. The molecular weight excluding hydrogens is 250 g/mol. The zero-order valence-electron chi connectivity index (χ0n) is 10.7. The normalized spacial score (nSPS) is 10.2. The van der Waals surface area contributed by atoms with Crippen LogP contribution in [0.2, 0.25) is 0 Å². The maximum absolute atomic E-state index is 10.7. The highest BCUT2D eigenvalue weighted by atomic mass is 16.4. The summed E-state index contributed by atoms with van der Waals surface area (Å²) in [5.41, 5.74) is 1.54. The van der Waals surface area contributed by atoms with Gasteiger partial charge in [0.25, 0.3) is 0 Å². The summed E-state index contributed by atoms with van der Waals surface area (Å²) < 4.78 is 4.91. The number of fused-ring (bicyclic) bond motifs is 2. The van der Waals surface area contributed by atoms with E-state index in [1.54, 1.807) is 12.1 Å². The van der Waals surface area contributed by atoms with Gasteiger partial charge in [-0.1, -0.05) is 36.4 Å². The first-order valence-corrected chi connectivity index (χ1v) is 6.34. The van der Waals surface area contributed by atoms with Gasteiger partial charge in [0.1, 0.15) is 5.58 Å². The topological polar surface area (TPSA) is 46.0 Å². The largest absolute Gasteiger partial charge is 0.423 e. The molecule has 3 nitrogen and oxygen atoms in total. The predicted octanol–water partition coefficient (Wildman–Crippen LogP) is 3.96. The van der Waals surface area contributed by atoms with Crippen molar-refractivity contribution in [2.75, 3.05) is 0 Å². The Morgan fingerprint density at radius 3 is 2.35 bits per heavy atom. The lowest BCUT2D eigenvalue weighted by molar-refractivity contribution is 0.561. The van der Waals surface area contributed by atoms with E-state index >= 15 is 0 Å². The highest BCUT2D eigenvalue weighted by Gasteiger charge is 1.92. The van der Waals surface area contributed by atoms with Crippen LogP contribution in [0.25, 0.3) is 21.9 Å². The van der Waals surface area contributed by atoms with Crippen LogP contribution < -0.4 is 5.63 Å². The number of hydrogen-bond donors (Lipinski definition) is 1. The Bertz CT molecular complexity index is 859. The minimum absolute atomic E-state index is 0.302. The van der Waals surface area contributed by atoms with Crippen LogP contribution in [0.3, 0.4) is 0 Å². The molecule has 2 aromatic heterocycles. The van der Waals surface area contributed by atoms with Gasteiger partial charge in [0.05, 0.1) is 0 Å². The van der Waals surface area contributed by atoms with Crippen molar-refractivity contribution in [3.63, 3.8) is 0 Å². The van der Waals surface area contributed by atoms with Crippen LogP contribution in [0, 0.1) is 0 Å². The van der Waals surface area contributed by atoms with Crippen molar-refractivity contribution in [3.8, 4) is 0 Å². The summed E-state index contributed by atoms with van der Waals surface area (Å²) in [6.07, 6.45) is 1.95. The lowest BCUT2D eigenvalue weighted by atomic mass is 10.2. The van der Waals surface area contributed by atoms with Gasteiger partial charge >= 0.3 is 5.63 Å². The first kappa shape index (κ1) is 12.2. The molecule has 4 aromatic rings. The number of H-pyrrole nitrogens is 1. The first-order chi connectivity index (χ1) is 9.83. The molecule has 98 valence electrons. The predicted molar refractivity (Wildman–Crippen MR) is 80.8 cm³/mol. The smallest absolute Gasteiger partial charge is 0.336 e. The molecule has 1 N–H and O–H groups in total. The van der Waals surface area contributed by atoms with E-state index in [0.717, 1.165) is 5.39 Å². The maximum Gasteiger partial charge on any atom is 0.336 e. The van der Waals surface area contributed by atoms with Crippen LogP contribution in [0.5, 0.6) is 0 Å². The Hall–Kier alpha value is -2.81. The molecule has 0 saturated heterocycles. The van der Waals surface area contributed by atoms with Crippen molar-refractivity contribution >= 4 is 21.9 Å². The summed E-state index contributed by atoms with van der Waals surface area (Å²) in [5.74, 6) is 0. The Balaban J connectivity index is 0.000000123. The fourth-order valence-electron chi connectivity index (χ4n) is 2.01. The number of nitrogens with one attached hydrogen (secondary N) is 1. The molecule has 0 aliphatic heterocycles. The van der Waals surface area contributed by atoms with Crippen molar-refractivity contribution in [2.45, 2.75) is 0 Å². The number of rotatable bonds is 0. The van der Waals surface area contributed by atoms with E-state index in [9.17, 15) is 4.79 Å². The minimum Gasteiger partial charge on any atom is -0.423 e. The van der Waals surface area contributed by atoms with Gasteiger partial charge in [0, 0.05) is 23.2 Å². The molecule has 0 aliphatic rings. The number of benzene rings is 2. The van der Waals surface area contributed by atoms with Gasteiger partial charge in [-0.25, -0.2) is 4.79 Å². The number of para-hydroxylation sites is 2. The highest BCUT2D eigenvalue weighted by molar-refractivity contribution is 5.78. The summed E-state index contributed by atoms with van der Waals surface area (Å²) >= 11 is 0. The van der Waals surface area contributed by atoms with Crippen LogP contribution in [0.15, 0.2) is 82.1 Å². The van der Waals surface area contributed by atoms with E-state index in [1.807, 2.05) is 36.5 Å². The van der Waals surface area contributed by atoms with Crippen molar-refractivity contribution in [2.24, 2.45) is 0 Å². The lowest BCUT2D eigenvalue weighted by Gasteiger charge is -1.91. The standard InChI is InChI=1S/C9H6O2.C8H7N/c10-9-6-5-7-3-1-2-4-8(7)11-9;1-2-4-8-7(3-1)5-6-9-8/h1-6H;1-6,9H. The van der Waals surface area contributed by atoms with E-state index in [4.69, 9.17) is 4.42 Å². The fourth-order valence-corrected chi connectivity index (χ4v) is 2.01. The zero-order chi connectivity index (χ0) is 13.8. The minimum atomic E-state index is -0.302. The van der Waals surface area contributed by atoms with E-state index in [2.05, 4.69) is 23.2 Å². The molecule has 4 rings (SSSR count). The molecule has 2 aromatic carbocycles. The van der Waals surface area contributed by atoms with Crippen LogP contribution >= 0.6 is 0 Å². The van der Waals surface area contributed by atoms with Gasteiger partial charge in [-0.05, 0) is 29.7 Å². The number of aromatic amines is 1. The van der Waals surface area contributed by atoms with E-state index in [1.165, 1.54) is 17.0 Å². The summed E-state index contributed by atoms with van der Waals surface area (Å²) in [6, 6.07) is 20.9. The summed E-state index contributed by atoms with van der Waals surface area (Å²) in [6.45, 7) is 0. The van der Waals surface area contributed by atoms with E-state index < -0.39 is 0 Å². The molecule has 2 heterocycles. The van der Waals surface area contributed by atoms with Gasteiger partial charge in [-0.15, -0.1) is 0 Å². The summed E-state index contributed by atoms with van der Waals surface area (Å²) in [7, 11) is 0. The molecule has 0 aliphatic carbocycles. The lowest BCUT2D eigenvalue weighted by Crippen LogP contribution is -1.93. The summed E-state index contributed by atoms with van der Waals surface area (Å²) in [4.78, 5) is 13.8. The SMILES string of the molecule is O=c1ccc2ccccc2o1.c1ccc2[nH]ccc2c1. The Morgan fingerprint density at radius 1 is 0.750 bits per heavy atom. The molecule has 3 heteroatoms. The van der Waals surface area contributed by atoms with Crippen molar-refractivity contribution in [1.82, 2.24) is 4.98 Å². The average molecular weight is 263 g/mol. The maximum atomic E-state index is 10.7. The van der Waals surface area contributed by atoms with Gasteiger partial charge in [-0.3, -0.25) is 0 Å². The Labute approximate surface area is 115 Å². The van der Waals surface area contributed by atoms with Crippen molar-refractivity contribution in [1.29, 1.82) is 0 Å². The number of hydrogen-bond acceptors (Lipinski definition) is 2. The van der Waals surface area contributed by atoms with Gasteiger partial charge in [-0.2, -0.15) is 0 Å². The molecule has 0 fully saturated rings. The highest BCUT2D eigenvalue weighted by Crippen LogP contribution is 2.09. The van der Waals surface area contributed by atoms with Crippen LogP contribution in [0.1, 0.15) is 0 Å². The molecule has 0 spiro atoms.